The van der Waals surface area contributed by atoms with E-state index >= 15 is 0 Å². The van der Waals surface area contributed by atoms with E-state index in [-0.39, 0.29) is 15.6 Å². The van der Waals surface area contributed by atoms with Crippen LogP contribution in [-0.4, -0.2) is 34.9 Å². The van der Waals surface area contributed by atoms with Gasteiger partial charge in [-0.05, 0) is 57.4 Å². The lowest BCUT2D eigenvalue weighted by Crippen LogP contribution is -2.14. The molecule has 4 rings (SSSR count). The van der Waals surface area contributed by atoms with Crippen molar-refractivity contribution < 1.29 is 9.53 Å². The number of amides is 1. The van der Waals surface area contributed by atoms with E-state index in [4.69, 9.17) is 27.9 Å². The van der Waals surface area contributed by atoms with Gasteiger partial charge in [-0.15, -0.1) is 0 Å². The van der Waals surface area contributed by atoms with E-state index in [2.05, 4.69) is 15.3 Å². The smallest absolute Gasteiger partial charge is 0.258 e. The molecule has 4 aromatic rings. The molecule has 33 heavy (non-hydrogen) atoms. The molecular formula is C25H22Cl2N4O2. The number of aryl methyl sites for hydroxylation is 1. The highest BCUT2D eigenvalue weighted by Crippen LogP contribution is 2.36. The van der Waals surface area contributed by atoms with Gasteiger partial charge in [-0.3, -0.25) is 14.8 Å². The fourth-order valence-corrected chi connectivity index (χ4v) is 4.05. The van der Waals surface area contributed by atoms with Crippen LogP contribution in [0.3, 0.4) is 0 Å². The number of pyridine rings is 2. The lowest BCUT2D eigenvalue weighted by Gasteiger charge is -2.17. The number of nitrogens with one attached hydrogen (secondary N) is 1. The second kappa shape index (κ2) is 9.75. The maximum atomic E-state index is 12.9. The average Bonchev–Trinajstić information content (AvgIpc) is 2.76. The maximum Gasteiger partial charge on any atom is 0.258 e. The van der Waals surface area contributed by atoms with Crippen molar-refractivity contribution in [3.63, 3.8) is 0 Å². The Bertz CT molecular complexity index is 1320. The molecule has 1 amide bonds. The molecule has 0 aliphatic heterocycles. The molecule has 0 bridgehead atoms. The van der Waals surface area contributed by atoms with Crippen molar-refractivity contribution in [2.45, 2.75) is 13.5 Å². The predicted molar refractivity (Wildman–Crippen MR) is 133 cm³/mol. The molecule has 8 heteroatoms. The molecule has 2 heterocycles. The van der Waals surface area contributed by atoms with Crippen molar-refractivity contribution in [3.05, 3.63) is 87.8 Å². The Morgan fingerprint density at radius 1 is 1.03 bits per heavy atom. The lowest BCUT2D eigenvalue weighted by molar-refractivity contribution is 0.102. The van der Waals surface area contributed by atoms with Crippen LogP contribution in [0, 0.1) is 6.92 Å². The number of carbonyl (C=O) groups is 1. The van der Waals surface area contributed by atoms with Crippen LogP contribution in [0.4, 0.5) is 5.69 Å². The van der Waals surface area contributed by atoms with Crippen LogP contribution in [0.25, 0.3) is 10.9 Å². The zero-order valence-corrected chi connectivity index (χ0v) is 19.9. The molecular weight excluding hydrogens is 459 g/mol. The number of rotatable bonds is 6. The molecule has 2 aromatic carbocycles. The summed E-state index contributed by atoms with van der Waals surface area (Å²) in [5, 5.41) is 4.20. The van der Waals surface area contributed by atoms with Crippen LogP contribution in [0.1, 0.15) is 21.6 Å². The summed E-state index contributed by atoms with van der Waals surface area (Å²) in [5.74, 6) is 0.905. The molecule has 2 aromatic heterocycles. The number of fused-ring (bicyclic) bond motifs is 1. The van der Waals surface area contributed by atoms with Crippen molar-refractivity contribution in [2.75, 3.05) is 19.4 Å². The topological polar surface area (TPSA) is 67.3 Å². The average molecular weight is 481 g/mol. The Balaban J connectivity index is 1.74. The molecule has 0 saturated carbocycles. The third-order valence-electron chi connectivity index (χ3n) is 4.99. The Labute approximate surface area is 202 Å². The van der Waals surface area contributed by atoms with E-state index < -0.39 is 5.91 Å². The first-order valence-corrected chi connectivity index (χ1v) is 11.0. The van der Waals surface area contributed by atoms with E-state index in [0.717, 1.165) is 16.6 Å². The first kappa shape index (κ1) is 23.0. The van der Waals surface area contributed by atoms with Crippen LogP contribution in [0.15, 0.2) is 60.9 Å². The molecule has 0 aliphatic rings. The lowest BCUT2D eigenvalue weighted by atomic mass is 10.1. The molecule has 0 aliphatic carbocycles. The summed E-state index contributed by atoms with van der Waals surface area (Å²) in [6.07, 6.45) is 3.47. The fourth-order valence-electron chi connectivity index (χ4n) is 3.48. The molecule has 0 fully saturated rings. The quantitative estimate of drug-likeness (QED) is 0.348. The number of anilines is 1. The van der Waals surface area contributed by atoms with Gasteiger partial charge in [-0.25, -0.2) is 0 Å². The molecule has 168 valence electrons. The van der Waals surface area contributed by atoms with E-state index in [0.29, 0.717) is 29.2 Å². The van der Waals surface area contributed by atoms with Gasteiger partial charge in [0.1, 0.15) is 11.5 Å². The van der Waals surface area contributed by atoms with Gasteiger partial charge >= 0.3 is 0 Å². The first-order chi connectivity index (χ1) is 15.8. The van der Waals surface area contributed by atoms with Gasteiger partial charge in [-0.1, -0.05) is 35.3 Å². The van der Waals surface area contributed by atoms with Crippen LogP contribution in [0.2, 0.25) is 10.0 Å². The second-order valence-electron chi connectivity index (χ2n) is 7.81. The summed E-state index contributed by atoms with van der Waals surface area (Å²) in [6.45, 7) is 2.57. The summed E-state index contributed by atoms with van der Waals surface area (Å²) in [4.78, 5) is 24.0. The number of hydrogen-bond donors (Lipinski definition) is 1. The molecule has 1 N–H and O–H groups in total. The minimum atomic E-state index is -0.413. The minimum absolute atomic E-state index is 0.213. The number of carbonyl (C=O) groups excluding carboxylic acids is 1. The highest BCUT2D eigenvalue weighted by Gasteiger charge is 2.18. The normalized spacial score (nSPS) is 11.1. The summed E-state index contributed by atoms with van der Waals surface area (Å²) in [7, 11) is 3.96. The van der Waals surface area contributed by atoms with E-state index in [1.165, 1.54) is 0 Å². The van der Waals surface area contributed by atoms with Crippen molar-refractivity contribution in [1.29, 1.82) is 0 Å². The zero-order chi connectivity index (χ0) is 23.5. The van der Waals surface area contributed by atoms with Gasteiger partial charge < -0.3 is 15.0 Å². The minimum Gasteiger partial charge on any atom is -0.454 e. The third kappa shape index (κ3) is 4.93. The van der Waals surface area contributed by atoms with Crippen molar-refractivity contribution in [1.82, 2.24) is 14.9 Å². The molecule has 0 unspecified atom stereocenters. The van der Waals surface area contributed by atoms with Crippen LogP contribution in [0.5, 0.6) is 11.5 Å². The van der Waals surface area contributed by atoms with Gasteiger partial charge in [0.25, 0.3) is 5.91 Å². The SMILES string of the molecule is Cc1cnc2c(NC(=O)c3c(Cl)cccc3Cl)cccc2c1Oc1cccnc1CN(C)C. The summed E-state index contributed by atoms with van der Waals surface area (Å²) in [5.41, 5.74) is 3.01. The molecule has 0 saturated heterocycles. The Morgan fingerprint density at radius 3 is 2.48 bits per heavy atom. The number of ether oxygens (including phenoxy) is 1. The standard InChI is InChI=1S/C25H22Cl2N4O2/c1-15-13-29-23-16(24(15)33-21-11-6-12-28-20(21)14-31(2)3)7-4-10-19(23)30-25(32)22-17(26)8-5-9-18(22)27/h4-13H,14H2,1-3H3,(H,30,32). The van der Waals surface area contributed by atoms with Gasteiger partial charge in [0.15, 0.2) is 0 Å². The number of halogens is 2. The van der Waals surface area contributed by atoms with E-state index in [9.17, 15) is 4.79 Å². The van der Waals surface area contributed by atoms with Crippen LogP contribution in [-0.2, 0) is 6.54 Å². The fraction of sp³-hybridized carbons (Fsp3) is 0.160. The Hall–Kier alpha value is -3.19. The second-order valence-corrected chi connectivity index (χ2v) is 8.63. The highest BCUT2D eigenvalue weighted by molar-refractivity contribution is 6.40. The Kier molecular flexibility index (Phi) is 6.79. The molecule has 0 radical (unpaired) electrons. The number of benzene rings is 2. The number of hydrogen-bond acceptors (Lipinski definition) is 5. The molecule has 6 nitrogen and oxygen atoms in total. The van der Waals surface area contributed by atoms with Crippen molar-refractivity contribution in [3.8, 4) is 11.5 Å². The Morgan fingerprint density at radius 2 is 1.76 bits per heavy atom. The van der Waals surface area contributed by atoms with E-state index in [1.807, 2.05) is 50.2 Å². The van der Waals surface area contributed by atoms with Gasteiger partial charge in [0, 0.05) is 29.9 Å². The van der Waals surface area contributed by atoms with Crippen LogP contribution >= 0.6 is 23.2 Å². The zero-order valence-electron chi connectivity index (χ0n) is 18.4. The van der Waals surface area contributed by atoms with Crippen molar-refractivity contribution >= 4 is 45.7 Å². The maximum absolute atomic E-state index is 12.9. The van der Waals surface area contributed by atoms with Crippen molar-refractivity contribution in [2.24, 2.45) is 0 Å². The largest absolute Gasteiger partial charge is 0.454 e. The van der Waals surface area contributed by atoms with Gasteiger partial charge in [0.2, 0.25) is 0 Å². The third-order valence-corrected chi connectivity index (χ3v) is 5.62. The number of para-hydroxylation sites is 1. The summed E-state index contributed by atoms with van der Waals surface area (Å²) < 4.78 is 6.35. The van der Waals surface area contributed by atoms with E-state index in [1.54, 1.807) is 36.7 Å². The monoisotopic (exact) mass is 480 g/mol. The number of nitrogens with zero attached hydrogens (tertiary/aromatic N) is 3. The molecule has 0 atom stereocenters. The predicted octanol–water partition coefficient (Wildman–Crippen LogP) is 6.35. The molecule has 0 spiro atoms. The first-order valence-electron chi connectivity index (χ1n) is 10.3. The van der Waals surface area contributed by atoms with Crippen LogP contribution < -0.4 is 10.1 Å². The summed E-state index contributed by atoms with van der Waals surface area (Å²) >= 11 is 12.4. The summed E-state index contributed by atoms with van der Waals surface area (Å²) in [6, 6.07) is 14.2. The highest BCUT2D eigenvalue weighted by atomic mass is 35.5. The number of aromatic nitrogens is 2. The van der Waals surface area contributed by atoms with Gasteiger partial charge in [-0.2, -0.15) is 0 Å². The van der Waals surface area contributed by atoms with Gasteiger partial charge in [0.05, 0.1) is 32.5 Å².